The van der Waals surface area contributed by atoms with Crippen LogP contribution >= 0.6 is 0 Å². The molecule has 0 unspecified atom stereocenters. The van der Waals surface area contributed by atoms with E-state index in [2.05, 4.69) is 23.6 Å². The fourth-order valence-corrected chi connectivity index (χ4v) is 2.62. The smallest absolute Gasteiger partial charge is 0.147 e. The number of anilines is 1. The van der Waals surface area contributed by atoms with Crippen molar-refractivity contribution in [1.29, 1.82) is 5.41 Å². The Morgan fingerprint density at radius 1 is 1.30 bits per heavy atom. The number of nitrogen functional groups attached to an aromatic ring is 1. The van der Waals surface area contributed by atoms with Gasteiger partial charge in [-0.15, -0.1) is 0 Å². The molecular formula is C15H23FN4. The summed E-state index contributed by atoms with van der Waals surface area (Å²) in [6.45, 7) is 9.13. The average Bonchev–Trinajstić information content (AvgIpc) is 2.39. The summed E-state index contributed by atoms with van der Waals surface area (Å²) in [5.41, 5.74) is 6.42. The van der Waals surface area contributed by atoms with Crippen molar-refractivity contribution in [3.8, 4) is 0 Å². The third-order valence-corrected chi connectivity index (χ3v) is 3.60. The molecule has 1 heterocycles. The van der Waals surface area contributed by atoms with Gasteiger partial charge >= 0.3 is 0 Å². The predicted molar refractivity (Wildman–Crippen MR) is 80.9 cm³/mol. The molecule has 1 fully saturated rings. The molecule has 3 N–H and O–H groups in total. The van der Waals surface area contributed by atoms with Crippen molar-refractivity contribution < 1.29 is 4.39 Å². The molecule has 0 aliphatic carbocycles. The number of amidine groups is 1. The Balaban J connectivity index is 2.02. The molecule has 1 saturated heterocycles. The molecule has 1 aliphatic heterocycles. The average molecular weight is 278 g/mol. The van der Waals surface area contributed by atoms with Crippen molar-refractivity contribution >= 4 is 11.5 Å². The summed E-state index contributed by atoms with van der Waals surface area (Å²) in [7, 11) is 0. The third kappa shape index (κ3) is 3.48. The Kier molecular flexibility index (Phi) is 4.60. The molecule has 2 rings (SSSR count). The summed E-state index contributed by atoms with van der Waals surface area (Å²) >= 11 is 0. The maximum Gasteiger partial charge on any atom is 0.147 e. The van der Waals surface area contributed by atoms with Crippen molar-refractivity contribution in [3.63, 3.8) is 0 Å². The van der Waals surface area contributed by atoms with Gasteiger partial charge in [-0.25, -0.2) is 4.39 Å². The maximum absolute atomic E-state index is 14.1. The number of hydrogen-bond acceptors (Lipinski definition) is 3. The second-order valence-corrected chi connectivity index (χ2v) is 5.76. The van der Waals surface area contributed by atoms with Gasteiger partial charge < -0.3 is 10.6 Å². The van der Waals surface area contributed by atoms with Crippen LogP contribution in [0.4, 0.5) is 10.1 Å². The first-order chi connectivity index (χ1) is 9.47. The van der Waals surface area contributed by atoms with E-state index < -0.39 is 0 Å². The van der Waals surface area contributed by atoms with Crippen LogP contribution in [0.15, 0.2) is 18.2 Å². The monoisotopic (exact) mass is 278 g/mol. The van der Waals surface area contributed by atoms with E-state index in [1.165, 1.54) is 6.07 Å². The second-order valence-electron chi connectivity index (χ2n) is 5.76. The molecule has 0 aromatic heterocycles. The van der Waals surface area contributed by atoms with E-state index in [1.54, 1.807) is 12.1 Å². The van der Waals surface area contributed by atoms with Crippen LogP contribution in [0.1, 0.15) is 19.4 Å². The molecule has 0 bridgehead atoms. The minimum Gasteiger partial charge on any atom is -0.384 e. The zero-order valence-electron chi connectivity index (χ0n) is 12.2. The highest BCUT2D eigenvalue weighted by molar-refractivity contribution is 5.95. The summed E-state index contributed by atoms with van der Waals surface area (Å²) < 4.78 is 14.1. The quantitative estimate of drug-likeness (QED) is 0.653. The first-order valence-electron chi connectivity index (χ1n) is 7.08. The highest BCUT2D eigenvalue weighted by Gasteiger charge is 2.20. The van der Waals surface area contributed by atoms with Gasteiger partial charge in [0.15, 0.2) is 0 Å². The van der Waals surface area contributed by atoms with Gasteiger partial charge in [-0.05, 0) is 24.1 Å². The largest absolute Gasteiger partial charge is 0.384 e. The Bertz CT molecular complexity index is 479. The number of halogens is 1. The number of nitrogens with zero attached hydrogens (tertiary/aromatic N) is 2. The van der Waals surface area contributed by atoms with Crippen molar-refractivity contribution in [2.75, 3.05) is 37.6 Å². The Morgan fingerprint density at radius 2 is 1.95 bits per heavy atom. The lowest BCUT2D eigenvalue weighted by atomic mass is 10.1. The van der Waals surface area contributed by atoms with Crippen LogP contribution < -0.4 is 10.6 Å². The molecular weight excluding hydrogens is 255 g/mol. The van der Waals surface area contributed by atoms with Crippen LogP contribution in [0, 0.1) is 17.1 Å². The Labute approximate surface area is 119 Å². The molecule has 1 aromatic carbocycles. The van der Waals surface area contributed by atoms with Crippen LogP contribution in [-0.4, -0.2) is 43.5 Å². The zero-order valence-corrected chi connectivity index (χ0v) is 12.2. The number of benzene rings is 1. The summed E-state index contributed by atoms with van der Waals surface area (Å²) in [6, 6.07) is 4.78. The van der Waals surface area contributed by atoms with Crippen molar-refractivity contribution in [2.24, 2.45) is 11.7 Å². The molecule has 1 aromatic rings. The van der Waals surface area contributed by atoms with Crippen molar-refractivity contribution in [3.05, 3.63) is 29.6 Å². The van der Waals surface area contributed by atoms with Crippen molar-refractivity contribution in [2.45, 2.75) is 13.8 Å². The van der Waals surface area contributed by atoms with Gasteiger partial charge in [-0.2, -0.15) is 0 Å². The van der Waals surface area contributed by atoms with Crippen molar-refractivity contribution in [1.82, 2.24) is 4.90 Å². The van der Waals surface area contributed by atoms with E-state index in [4.69, 9.17) is 11.1 Å². The lowest BCUT2D eigenvalue weighted by Gasteiger charge is -2.37. The van der Waals surface area contributed by atoms with Gasteiger partial charge in [0.25, 0.3) is 0 Å². The van der Waals surface area contributed by atoms with E-state index in [9.17, 15) is 4.39 Å². The van der Waals surface area contributed by atoms with Crippen LogP contribution in [0.5, 0.6) is 0 Å². The lowest BCUT2D eigenvalue weighted by molar-refractivity contribution is 0.231. The highest BCUT2D eigenvalue weighted by Crippen LogP contribution is 2.22. The van der Waals surface area contributed by atoms with E-state index >= 15 is 0 Å². The molecule has 1 aliphatic rings. The number of nitrogens with two attached hydrogens (primary N) is 1. The summed E-state index contributed by atoms with van der Waals surface area (Å²) in [6.07, 6.45) is 0. The standard InChI is InChI=1S/C15H23FN4/c1-11(2)10-19-5-7-20(8-6-19)14-4-3-12(15(17)18)9-13(14)16/h3-4,9,11H,5-8,10H2,1-2H3,(H3,17,18). The molecule has 110 valence electrons. The molecule has 5 heteroatoms. The van der Waals surface area contributed by atoms with Gasteiger partial charge in [0.05, 0.1) is 5.69 Å². The van der Waals surface area contributed by atoms with Gasteiger partial charge in [0, 0.05) is 38.3 Å². The molecule has 0 amide bonds. The first kappa shape index (κ1) is 14.8. The van der Waals surface area contributed by atoms with E-state index in [0.29, 0.717) is 17.2 Å². The maximum atomic E-state index is 14.1. The van der Waals surface area contributed by atoms with Crippen LogP contribution in [0.3, 0.4) is 0 Å². The van der Waals surface area contributed by atoms with Crippen LogP contribution in [-0.2, 0) is 0 Å². The Hall–Kier alpha value is -1.62. The van der Waals surface area contributed by atoms with Gasteiger partial charge in [-0.1, -0.05) is 13.8 Å². The highest BCUT2D eigenvalue weighted by atomic mass is 19.1. The SMILES string of the molecule is CC(C)CN1CCN(c2ccc(C(=N)N)cc2F)CC1. The third-order valence-electron chi connectivity index (χ3n) is 3.60. The predicted octanol–water partition coefficient (Wildman–Crippen LogP) is 1.89. The lowest BCUT2D eigenvalue weighted by Crippen LogP contribution is -2.47. The molecule has 0 radical (unpaired) electrons. The first-order valence-corrected chi connectivity index (χ1v) is 7.08. The van der Waals surface area contributed by atoms with Gasteiger partial charge in [0.1, 0.15) is 11.7 Å². The number of hydrogen-bond donors (Lipinski definition) is 2. The topological polar surface area (TPSA) is 56.4 Å². The summed E-state index contributed by atoms with van der Waals surface area (Å²) in [5, 5.41) is 7.33. The molecule has 0 saturated carbocycles. The summed E-state index contributed by atoms with van der Waals surface area (Å²) in [4.78, 5) is 4.49. The van der Waals surface area contributed by atoms with Crippen LogP contribution in [0.2, 0.25) is 0 Å². The zero-order chi connectivity index (χ0) is 14.7. The normalized spacial score (nSPS) is 16.7. The Morgan fingerprint density at radius 3 is 2.45 bits per heavy atom. The minimum absolute atomic E-state index is 0.0998. The second kappa shape index (κ2) is 6.22. The molecule has 20 heavy (non-hydrogen) atoms. The van der Waals surface area contributed by atoms with Gasteiger partial charge in [-0.3, -0.25) is 10.3 Å². The number of rotatable bonds is 4. The minimum atomic E-state index is -0.296. The molecule has 4 nitrogen and oxygen atoms in total. The summed E-state index contributed by atoms with van der Waals surface area (Å²) in [5.74, 6) is 0.264. The fraction of sp³-hybridized carbons (Fsp3) is 0.533. The van der Waals surface area contributed by atoms with Crippen LogP contribution in [0.25, 0.3) is 0 Å². The van der Waals surface area contributed by atoms with E-state index in [-0.39, 0.29) is 11.7 Å². The fourth-order valence-electron chi connectivity index (χ4n) is 2.62. The molecule has 0 atom stereocenters. The molecule has 0 spiro atoms. The number of piperazine rings is 1. The number of nitrogens with one attached hydrogen (secondary N) is 1. The van der Waals surface area contributed by atoms with E-state index in [1.807, 2.05) is 0 Å². The van der Waals surface area contributed by atoms with E-state index in [0.717, 1.165) is 32.7 Å². The van der Waals surface area contributed by atoms with Gasteiger partial charge in [0.2, 0.25) is 0 Å².